The summed E-state index contributed by atoms with van der Waals surface area (Å²) in [5, 5.41) is 10.9. The summed E-state index contributed by atoms with van der Waals surface area (Å²) in [5.74, 6) is -0.232. The van der Waals surface area contributed by atoms with Crippen molar-refractivity contribution in [2.24, 2.45) is 0 Å². The normalized spacial score (nSPS) is 14.3. The van der Waals surface area contributed by atoms with E-state index in [4.69, 9.17) is 0 Å². The Balaban J connectivity index is 2.46. The number of hydrogen-bond acceptors (Lipinski definition) is 6. The van der Waals surface area contributed by atoms with Crippen LogP contribution in [-0.2, 0) is 6.54 Å². The first-order chi connectivity index (χ1) is 8.79. The molecular formula is C8H5F3N2O4S2. The molecule has 1 aromatic rings. The van der Waals surface area contributed by atoms with Crippen LogP contribution in [0.5, 0.6) is 5.75 Å². The van der Waals surface area contributed by atoms with Gasteiger partial charge in [0.15, 0.2) is 17.1 Å². The molecule has 0 amide bonds. The minimum Gasteiger partial charge on any atom is -0.409 e. The van der Waals surface area contributed by atoms with Gasteiger partial charge in [-0.1, -0.05) is 11.8 Å². The number of thioether (sulfide) groups is 1. The molecular weight excluding hydrogens is 309 g/mol. The zero-order chi connectivity index (χ0) is 14.2. The maximum atomic E-state index is 12.0. The fourth-order valence-corrected chi connectivity index (χ4v) is 2.93. The van der Waals surface area contributed by atoms with Crippen molar-refractivity contribution >= 4 is 29.5 Å². The fraction of sp³-hybridized carbons (Fsp3) is 0.375. The van der Waals surface area contributed by atoms with Crippen LogP contribution in [0.25, 0.3) is 0 Å². The summed E-state index contributed by atoms with van der Waals surface area (Å²) < 4.78 is 41.5. The molecule has 6 nitrogen and oxygen atoms in total. The quantitative estimate of drug-likeness (QED) is 0.484. The first-order valence-electron chi connectivity index (χ1n) is 4.77. The third-order valence-corrected chi connectivity index (χ3v) is 3.69. The lowest BCUT2D eigenvalue weighted by Gasteiger charge is -2.09. The number of alkyl halides is 3. The summed E-state index contributed by atoms with van der Waals surface area (Å²) in [7, 11) is 0. The van der Waals surface area contributed by atoms with Gasteiger partial charge in [-0.2, -0.15) is 13.2 Å². The summed E-state index contributed by atoms with van der Waals surface area (Å²) in [6, 6.07) is 0.701. The third kappa shape index (κ3) is 2.97. The molecule has 1 aliphatic rings. The van der Waals surface area contributed by atoms with E-state index in [9.17, 15) is 28.1 Å². The van der Waals surface area contributed by atoms with Gasteiger partial charge in [0.2, 0.25) is 5.75 Å². The minimum atomic E-state index is -4.71. The van der Waals surface area contributed by atoms with Crippen LogP contribution in [-0.4, -0.2) is 20.8 Å². The zero-order valence-corrected chi connectivity index (χ0v) is 10.6. The molecule has 0 saturated heterocycles. The van der Waals surface area contributed by atoms with Crippen LogP contribution >= 0.6 is 23.8 Å². The standard InChI is InChI=1S/C8H5F3N2O4S2/c9-8(10,11)19-17-4-3-5(14)12-1-2-18-7(12)6(4)13(15)16/h3H,1-2H2. The number of nitrogens with zero attached hydrogens (tertiary/aromatic N) is 2. The highest BCUT2D eigenvalue weighted by atomic mass is 32.2. The molecule has 0 N–H and O–H groups in total. The predicted molar refractivity (Wildman–Crippen MR) is 62.4 cm³/mol. The highest BCUT2D eigenvalue weighted by molar-refractivity contribution is 7.99. The van der Waals surface area contributed by atoms with Gasteiger partial charge in [0.05, 0.1) is 11.0 Å². The lowest BCUT2D eigenvalue weighted by Crippen LogP contribution is -2.19. The Hall–Kier alpha value is -1.36. The molecule has 1 aromatic heterocycles. The van der Waals surface area contributed by atoms with Crippen LogP contribution in [0.3, 0.4) is 0 Å². The molecule has 0 aromatic carbocycles. The van der Waals surface area contributed by atoms with Gasteiger partial charge in [-0.3, -0.25) is 19.5 Å². The molecule has 0 radical (unpaired) electrons. The van der Waals surface area contributed by atoms with E-state index in [1.165, 1.54) is 0 Å². The molecule has 0 unspecified atom stereocenters. The van der Waals surface area contributed by atoms with Crippen LogP contribution in [0.1, 0.15) is 0 Å². The van der Waals surface area contributed by atoms with E-state index in [1.54, 1.807) is 0 Å². The lowest BCUT2D eigenvalue weighted by atomic mass is 10.4. The molecule has 104 valence electrons. The monoisotopic (exact) mass is 314 g/mol. The maximum absolute atomic E-state index is 12.0. The number of nitro groups is 1. The van der Waals surface area contributed by atoms with Crippen LogP contribution in [0.2, 0.25) is 0 Å². The van der Waals surface area contributed by atoms with Crippen LogP contribution in [0.15, 0.2) is 15.9 Å². The molecule has 0 aliphatic carbocycles. The van der Waals surface area contributed by atoms with Crippen LogP contribution in [0.4, 0.5) is 18.9 Å². The second-order valence-corrected chi connectivity index (χ2v) is 5.25. The average Bonchev–Trinajstić information content (AvgIpc) is 2.74. The van der Waals surface area contributed by atoms with E-state index in [2.05, 4.69) is 4.18 Å². The number of aromatic nitrogens is 1. The van der Waals surface area contributed by atoms with E-state index in [1.807, 2.05) is 0 Å². The maximum Gasteiger partial charge on any atom is 0.479 e. The fourth-order valence-electron chi connectivity index (χ4n) is 1.51. The van der Waals surface area contributed by atoms with Gasteiger partial charge in [0.25, 0.3) is 5.56 Å². The number of hydrogen-bond donors (Lipinski definition) is 0. The number of pyridine rings is 1. The molecule has 0 fully saturated rings. The van der Waals surface area contributed by atoms with Crippen molar-refractivity contribution < 1.29 is 22.3 Å². The number of halogens is 3. The summed E-state index contributed by atoms with van der Waals surface area (Å²) in [5.41, 5.74) is -5.95. The van der Waals surface area contributed by atoms with Gasteiger partial charge < -0.3 is 4.18 Å². The smallest absolute Gasteiger partial charge is 0.409 e. The summed E-state index contributed by atoms with van der Waals surface area (Å²) in [6.45, 7) is 0.284. The van der Waals surface area contributed by atoms with Crippen molar-refractivity contribution in [1.29, 1.82) is 0 Å². The van der Waals surface area contributed by atoms with E-state index in [-0.39, 0.29) is 11.6 Å². The third-order valence-electron chi connectivity index (χ3n) is 2.16. The van der Waals surface area contributed by atoms with Gasteiger partial charge in [0, 0.05) is 12.3 Å². The molecule has 0 atom stereocenters. The topological polar surface area (TPSA) is 74.4 Å². The average molecular weight is 314 g/mol. The van der Waals surface area contributed by atoms with Crippen molar-refractivity contribution in [1.82, 2.24) is 4.57 Å². The van der Waals surface area contributed by atoms with Crippen molar-refractivity contribution in [3.05, 3.63) is 26.5 Å². The summed E-state index contributed by atoms with van der Waals surface area (Å²) >= 11 is 0.146. The number of rotatable bonds is 3. The largest absolute Gasteiger partial charge is 0.479 e. The first-order valence-corrected chi connectivity index (χ1v) is 6.50. The Morgan fingerprint density at radius 3 is 2.79 bits per heavy atom. The second kappa shape index (κ2) is 4.96. The molecule has 1 aliphatic heterocycles. The van der Waals surface area contributed by atoms with Crippen LogP contribution in [0, 0.1) is 10.1 Å². The Morgan fingerprint density at radius 2 is 2.21 bits per heavy atom. The molecule has 0 spiro atoms. The predicted octanol–water partition coefficient (Wildman–Crippen LogP) is 2.41. The Bertz CT molecular complexity index is 587. The van der Waals surface area contributed by atoms with Gasteiger partial charge in [-0.05, 0) is 0 Å². The first kappa shape index (κ1) is 14.1. The van der Waals surface area contributed by atoms with E-state index in [0.717, 1.165) is 16.3 Å². The zero-order valence-electron chi connectivity index (χ0n) is 8.97. The Kier molecular flexibility index (Phi) is 3.67. The second-order valence-electron chi connectivity index (χ2n) is 3.37. The molecule has 2 heterocycles. The van der Waals surface area contributed by atoms with E-state index in [0.29, 0.717) is 11.8 Å². The number of fused-ring (bicyclic) bond motifs is 1. The van der Waals surface area contributed by atoms with Gasteiger partial charge in [-0.25, -0.2) is 0 Å². The van der Waals surface area contributed by atoms with Gasteiger partial charge in [0.1, 0.15) is 0 Å². The minimum absolute atomic E-state index is 0.0234. The van der Waals surface area contributed by atoms with Crippen LogP contribution < -0.4 is 9.74 Å². The SMILES string of the molecule is O=c1cc(OSC(F)(F)F)c([N+](=O)[O-])c2n1CCS2. The molecule has 0 bridgehead atoms. The highest BCUT2D eigenvalue weighted by Gasteiger charge is 2.35. The Morgan fingerprint density at radius 1 is 1.53 bits per heavy atom. The van der Waals surface area contributed by atoms with Gasteiger partial charge in [-0.15, -0.1) is 0 Å². The van der Waals surface area contributed by atoms with Crippen molar-refractivity contribution in [2.75, 3.05) is 5.75 Å². The lowest BCUT2D eigenvalue weighted by molar-refractivity contribution is -0.389. The molecule has 11 heteroatoms. The van der Waals surface area contributed by atoms with Gasteiger partial charge >= 0.3 is 11.2 Å². The summed E-state index contributed by atoms with van der Waals surface area (Å²) in [6.07, 6.45) is 0. The van der Waals surface area contributed by atoms with E-state index < -0.39 is 39.5 Å². The van der Waals surface area contributed by atoms with Crippen molar-refractivity contribution in [3.63, 3.8) is 0 Å². The molecule has 0 saturated carbocycles. The van der Waals surface area contributed by atoms with Crippen molar-refractivity contribution in [2.45, 2.75) is 17.1 Å². The summed E-state index contributed by atoms with van der Waals surface area (Å²) in [4.78, 5) is 21.7. The van der Waals surface area contributed by atoms with Crippen molar-refractivity contribution in [3.8, 4) is 5.75 Å². The van der Waals surface area contributed by atoms with E-state index >= 15 is 0 Å². The molecule has 2 rings (SSSR count). The highest BCUT2D eigenvalue weighted by Crippen LogP contribution is 2.42. The molecule has 19 heavy (non-hydrogen) atoms. The Labute approximate surface area is 112 Å².